The first kappa shape index (κ1) is 51.0. The van der Waals surface area contributed by atoms with Crippen molar-refractivity contribution >= 4 is 17.9 Å². The van der Waals surface area contributed by atoms with Crippen LogP contribution in [0.1, 0.15) is 161 Å². The maximum atomic E-state index is 12.7. The molecule has 8 aliphatic rings. The van der Waals surface area contributed by atoms with Crippen molar-refractivity contribution in [3.05, 3.63) is 0 Å². The zero-order valence-electron chi connectivity index (χ0n) is 30.9. The number of ether oxygens (including phenoxy) is 4. The van der Waals surface area contributed by atoms with Crippen LogP contribution in [0.4, 0.5) is 26.3 Å². The smallest absolute Gasteiger partial charge is 0.411 e. The van der Waals surface area contributed by atoms with Crippen LogP contribution in [-0.4, -0.2) is 60.3 Å². The van der Waals surface area contributed by atoms with Crippen molar-refractivity contribution in [2.75, 3.05) is 13.2 Å². The van der Waals surface area contributed by atoms with Crippen molar-refractivity contribution in [3.63, 3.8) is 0 Å². The lowest BCUT2D eigenvalue weighted by Gasteiger charge is -2.61. The van der Waals surface area contributed by atoms with Crippen LogP contribution >= 0.6 is 0 Å². The minimum Gasteiger partial charge on any atom is -0.463 e. The minimum atomic E-state index is -5.79. The van der Waals surface area contributed by atoms with Crippen LogP contribution in [0.2, 0.25) is 0 Å². The van der Waals surface area contributed by atoms with Gasteiger partial charge in [-0.2, -0.15) is 26.3 Å². The quantitative estimate of drug-likeness (QED) is 0.0889. The normalized spacial score (nSPS) is 32.8. The van der Waals surface area contributed by atoms with Crippen molar-refractivity contribution in [1.82, 2.24) is 0 Å². The first-order chi connectivity index (χ1) is 23.4. The fraction of sp³-hybridized carbons (Fsp3) is 0.929. The van der Waals surface area contributed by atoms with Gasteiger partial charge in [-0.3, -0.25) is 14.4 Å². The molecule has 0 aliphatic heterocycles. The molecule has 7 nitrogen and oxygen atoms in total. The SMILES string of the molecule is C.C.C.C.CCC(C)(C)C(=O)OC12CC3CC(CC(C3)C1)C2.CCC(C)(C)C(=O)OC12CC3CC(CC(OCCOC(=O)C(C(F)(F)F)C(F)(F)F)(C3)C1)C2. The zero-order chi connectivity index (χ0) is 37.8. The van der Waals surface area contributed by atoms with E-state index in [1.165, 1.54) is 19.3 Å². The van der Waals surface area contributed by atoms with Crippen LogP contribution in [0.5, 0.6) is 0 Å². The highest BCUT2D eigenvalue weighted by Crippen LogP contribution is 2.61. The maximum Gasteiger partial charge on any atom is 0.411 e. The van der Waals surface area contributed by atoms with Crippen LogP contribution in [0.25, 0.3) is 0 Å². The van der Waals surface area contributed by atoms with E-state index < -0.39 is 47.5 Å². The van der Waals surface area contributed by atoms with Crippen LogP contribution in [0.3, 0.4) is 0 Å². The van der Waals surface area contributed by atoms with Gasteiger partial charge in [-0.1, -0.05) is 43.6 Å². The van der Waals surface area contributed by atoms with Crippen LogP contribution in [0.15, 0.2) is 0 Å². The molecule has 0 spiro atoms. The molecule has 324 valence electrons. The summed E-state index contributed by atoms with van der Waals surface area (Å²) in [6, 6.07) is 0. The third kappa shape index (κ3) is 11.3. The van der Waals surface area contributed by atoms with Crippen LogP contribution in [-0.2, 0) is 33.3 Å². The van der Waals surface area contributed by atoms with Gasteiger partial charge in [0.15, 0.2) is 0 Å². The van der Waals surface area contributed by atoms with E-state index in [1.807, 2.05) is 34.6 Å². The summed E-state index contributed by atoms with van der Waals surface area (Å²) in [7, 11) is 0. The van der Waals surface area contributed by atoms with E-state index in [4.69, 9.17) is 14.2 Å². The Kier molecular flexibility index (Phi) is 16.5. The average Bonchev–Trinajstić information content (AvgIpc) is 2.96. The van der Waals surface area contributed by atoms with Crippen LogP contribution < -0.4 is 0 Å². The number of esters is 3. The molecule has 8 rings (SSSR count). The lowest BCUT2D eigenvalue weighted by atomic mass is 9.52. The predicted octanol–water partition coefficient (Wildman–Crippen LogP) is 11.8. The van der Waals surface area contributed by atoms with Gasteiger partial charge in [-0.15, -0.1) is 0 Å². The average molecular weight is 803 g/mol. The Morgan fingerprint density at radius 3 is 1.29 bits per heavy atom. The Morgan fingerprint density at radius 2 is 0.909 bits per heavy atom. The first-order valence-corrected chi connectivity index (χ1v) is 18.8. The largest absolute Gasteiger partial charge is 0.463 e. The van der Waals surface area contributed by atoms with Gasteiger partial charge >= 0.3 is 30.3 Å². The first-order valence-electron chi connectivity index (χ1n) is 18.8. The Labute approximate surface area is 327 Å². The van der Waals surface area contributed by atoms with Crippen LogP contribution in [0, 0.1) is 46.3 Å². The lowest BCUT2D eigenvalue weighted by Crippen LogP contribution is -2.62. The monoisotopic (exact) mass is 803 g/mol. The molecule has 0 aromatic carbocycles. The van der Waals surface area contributed by atoms with Crippen molar-refractivity contribution in [2.24, 2.45) is 46.3 Å². The summed E-state index contributed by atoms with van der Waals surface area (Å²) < 4.78 is 98.2. The van der Waals surface area contributed by atoms with Gasteiger partial charge in [0.1, 0.15) is 17.8 Å². The molecule has 0 heterocycles. The van der Waals surface area contributed by atoms with E-state index in [9.17, 15) is 40.7 Å². The molecule has 0 aromatic heterocycles. The van der Waals surface area contributed by atoms with E-state index in [0.29, 0.717) is 38.5 Å². The number of rotatable bonds is 11. The van der Waals surface area contributed by atoms with Gasteiger partial charge in [0.2, 0.25) is 5.92 Å². The van der Waals surface area contributed by atoms with Gasteiger partial charge in [0.05, 0.1) is 23.0 Å². The molecule has 2 unspecified atom stereocenters. The van der Waals surface area contributed by atoms with Gasteiger partial charge in [0, 0.05) is 6.42 Å². The summed E-state index contributed by atoms with van der Waals surface area (Å²) in [4.78, 5) is 36.6. The van der Waals surface area contributed by atoms with Gasteiger partial charge < -0.3 is 18.9 Å². The third-order valence-electron chi connectivity index (χ3n) is 13.1. The molecular formula is C42H72F6O7. The Bertz CT molecular complexity index is 1240. The zero-order valence-corrected chi connectivity index (χ0v) is 30.9. The van der Waals surface area contributed by atoms with Crippen molar-refractivity contribution in [1.29, 1.82) is 0 Å². The summed E-state index contributed by atoms with van der Waals surface area (Å²) in [6.45, 7) is 10.5. The van der Waals surface area contributed by atoms with Gasteiger partial charge in [-0.05, 0) is 141 Å². The predicted molar refractivity (Wildman–Crippen MR) is 201 cm³/mol. The summed E-state index contributed by atoms with van der Waals surface area (Å²) in [5.41, 5.74) is -2.40. The fourth-order valence-electron chi connectivity index (χ4n) is 10.4. The lowest BCUT2D eigenvalue weighted by molar-refractivity contribution is -0.283. The summed E-state index contributed by atoms with van der Waals surface area (Å²) >= 11 is 0. The number of halogens is 6. The summed E-state index contributed by atoms with van der Waals surface area (Å²) in [6.07, 6.45) is 1.66. The van der Waals surface area contributed by atoms with Gasteiger partial charge in [0.25, 0.3) is 0 Å². The molecule has 0 amide bonds. The fourth-order valence-corrected chi connectivity index (χ4v) is 10.4. The standard InChI is InChI=1S/C22H30F6O5.C16H26O2.4CH4/c1-4-18(2,3)17(30)33-20-10-13-7-14(11-20)9-19(8-13,12-20)32-6-5-31-16(29)15(21(23,24)25)22(26,27)28;1-4-15(2,3)14(17)18-16-8-11-5-12(9-16)7-13(6-11)10-16;;;;/h13-15H,4-12H2,1-3H3;11-13H,4-10H2,1-3H3;4*1H4. The van der Waals surface area contributed by atoms with E-state index in [-0.39, 0.29) is 71.1 Å². The van der Waals surface area contributed by atoms with Crippen molar-refractivity contribution in [3.8, 4) is 0 Å². The Balaban J connectivity index is 0.000000586. The van der Waals surface area contributed by atoms with E-state index in [1.54, 1.807) is 0 Å². The molecular weight excluding hydrogens is 730 g/mol. The van der Waals surface area contributed by atoms with E-state index >= 15 is 0 Å². The highest BCUT2D eigenvalue weighted by atomic mass is 19.4. The molecule has 8 fully saturated rings. The second-order valence-electron chi connectivity index (χ2n) is 18.2. The molecule has 0 radical (unpaired) electrons. The number of hydrogen-bond acceptors (Lipinski definition) is 7. The minimum absolute atomic E-state index is 0. The maximum absolute atomic E-state index is 12.7. The number of carbonyl (C=O) groups is 3. The third-order valence-corrected chi connectivity index (χ3v) is 13.1. The van der Waals surface area contributed by atoms with Crippen molar-refractivity contribution in [2.45, 2.75) is 190 Å². The van der Waals surface area contributed by atoms with E-state index in [0.717, 1.165) is 49.9 Å². The molecule has 13 heteroatoms. The summed E-state index contributed by atoms with van der Waals surface area (Å²) in [5.74, 6) is -3.80. The highest BCUT2D eigenvalue weighted by Gasteiger charge is 2.63. The summed E-state index contributed by atoms with van der Waals surface area (Å²) in [5, 5.41) is 0. The highest BCUT2D eigenvalue weighted by molar-refractivity contribution is 5.77. The topological polar surface area (TPSA) is 88.1 Å². The molecule has 0 saturated heterocycles. The number of alkyl halides is 6. The molecule has 0 aromatic rings. The second-order valence-corrected chi connectivity index (χ2v) is 18.2. The van der Waals surface area contributed by atoms with Gasteiger partial charge in [-0.25, -0.2) is 0 Å². The molecule has 2 atom stereocenters. The Morgan fingerprint density at radius 1 is 0.564 bits per heavy atom. The molecule has 55 heavy (non-hydrogen) atoms. The van der Waals surface area contributed by atoms with Crippen molar-refractivity contribution < 1.29 is 59.7 Å². The second kappa shape index (κ2) is 17.8. The molecule has 8 aliphatic carbocycles. The Hall–Kier alpha value is -2.05. The number of carbonyl (C=O) groups excluding carboxylic acids is 3. The number of hydrogen-bond donors (Lipinski definition) is 0. The van der Waals surface area contributed by atoms with E-state index in [2.05, 4.69) is 11.7 Å². The molecule has 8 bridgehead atoms. The molecule has 8 saturated carbocycles. The molecule has 0 N–H and O–H groups in total.